The van der Waals surface area contributed by atoms with Crippen LogP contribution in [0.2, 0.25) is 0 Å². The Bertz CT molecular complexity index is 422. The second kappa shape index (κ2) is 10.5. The molecule has 0 aliphatic carbocycles. The van der Waals surface area contributed by atoms with E-state index in [1.54, 1.807) is 18.8 Å². The van der Waals surface area contributed by atoms with Crippen LogP contribution in [0, 0.1) is 5.82 Å². The minimum absolute atomic E-state index is 0.191. The van der Waals surface area contributed by atoms with E-state index in [1.165, 1.54) is 12.1 Å². The van der Waals surface area contributed by atoms with Gasteiger partial charge in [0.25, 0.3) is 0 Å². The van der Waals surface area contributed by atoms with Crippen molar-refractivity contribution in [2.75, 3.05) is 45.7 Å². The molecular formula is C15H25FN4S. The summed E-state index contributed by atoms with van der Waals surface area (Å²) in [7, 11) is 3.83. The van der Waals surface area contributed by atoms with Gasteiger partial charge in [-0.2, -0.15) is 11.8 Å². The van der Waals surface area contributed by atoms with Gasteiger partial charge < -0.3 is 15.5 Å². The Morgan fingerprint density at radius 1 is 1.24 bits per heavy atom. The van der Waals surface area contributed by atoms with Gasteiger partial charge in [0.2, 0.25) is 0 Å². The number of likely N-dealkylation sites (N-methyl/N-ethyl adjacent to an activating group) is 1. The number of thioether (sulfide) groups is 1. The third-order valence-electron chi connectivity index (χ3n) is 2.97. The van der Waals surface area contributed by atoms with E-state index in [-0.39, 0.29) is 5.82 Å². The van der Waals surface area contributed by atoms with E-state index in [0.717, 1.165) is 43.5 Å². The largest absolute Gasteiger partial charge is 0.356 e. The van der Waals surface area contributed by atoms with Crippen molar-refractivity contribution in [3.8, 4) is 0 Å². The number of guanidine groups is 1. The second-order valence-electron chi connectivity index (χ2n) is 4.78. The third kappa shape index (κ3) is 7.92. The summed E-state index contributed by atoms with van der Waals surface area (Å²) in [5, 5.41) is 6.54. The van der Waals surface area contributed by atoms with E-state index in [0.29, 0.717) is 0 Å². The van der Waals surface area contributed by atoms with Crippen LogP contribution in [0.4, 0.5) is 4.39 Å². The molecule has 0 atom stereocenters. The lowest BCUT2D eigenvalue weighted by molar-refractivity contribution is 0.331. The van der Waals surface area contributed by atoms with E-state index in [2.05, 4.69) is 33.8 Å². The molecule has 0 aliphatic rings. The summed E-state index contributed by atoms with van der Waals surface area (Å²) in [6.07, 6.45) is 2.09. The van der Waals surface area contributed by atoms with Gasteiger partial charge in [-0.25, -0.2) is 4.39 Å². The van der Waals surface area contributed by atoms with Crippen molar-refractivity contribution in [2.45, 2.75) is 6.54 Å². The monoisotopic (exact) mass is 312 g/mol. The number of nitrogens with one attached hydrogen (secondary N) is 2. The summed E-state index contributed by atoms with van der Waals surface area (Å²) < 4.78 is 12.8. The van der Waals surface area contributed by atoms with Crippen molar-refractivity contribution in [2.24, 2.45) is 4.99 Å². The lowest BCUT2D eigenvalue weighted by atomic mass is 10.2. The van der Waals surface area contributed by atoms with E-state index in [9.17, 15) is 4.39 Å². The predicted molar refractivity (Wildman–Crippen MR) is 90.5 cm³/mol. The van der Waals surface area contributed by atoms with Gasteiger partial charge in [-0.3, -0.25) is 4.99 Å². The average molecular weight is 312 g/mol. The first-order chi connectivity index (χ1) is 10.2. The fourth-order valence-corrected chi connectivity index (χ4v) is 2.14. The van der Waals surface area contributed by atoms with Gasteiger partial charge in [-0.1, -0.05) is 12.1 Å². The van der Waals surface area contributed by atoms with E-state index < -0.39 is 0 Å². The first-order valence-corrected chi connectivity index (χ1v) is 8.41. The van der Waals surface area contributed by atoms with Crippen LogP contribution in [-0.2, 0) is 6.54 Å². The molecule has 0 amide bonds. The fourth-order valence-electron chi connectivity index (χ4n) is 1.84. The molecule has 0 saturated heterocycles. The van der Waals surface area contributed by atoms with Crippen LogP contribution in [0.25, 0.3) is 0 Å². The van der Waals surface area contributed by atoms with Gasteiger partial charge in [-0.05, 0) is 31.0 Å². The maximum absolute atomic E-state index is 12.8. The molecule has 0 fully saturated rings. The Hall–Kier alpha value is -1.27. The number of hydrogen-bond acceptors (Lipinski definition) is 3. The van der Waals surface area contributed by atoms with Crippen LogP contribution in [0.5, 0.6) is 0 Å². The first kappa shape index (κ1) is 17.8. The number of nitrogens with zero attached hydrogens (tertiary/aromatic N) is 2. The summed E-state index contributed by atoms with van der Waals surface area (Å²) in [5.74, 6) is 1.70. The summed E-state index contributed by atoms with van der Waals surface area (Å²) in [4.78, 5) is 6.37. The third-order valence-corrected chi connectivity index (χ3v) is 3.59. The lowest BCUT2D eigenvalue weighted by Crippen LogP contribution is -2.41. The SMILES string of the molecule is CN=C(NCCSC)NCCN(C)Cc1ccc(F)cc1. The van der Waals surface area contributed by atoms with E-state index >= 15 is 0 Å². The molecule has 0 radical (unpaired) electrons. The molecule has 0 bridgehead atoms. The Labute approximate surface area is 131 Å². The number of halogens is 1. The van der Waals surface area contributed by atoms with Gasteiger partial charge in [0.15, 0.2) is 5.96 Å². The molecular weight excluding hydrogens is 287 g/mol. The van der Waals surface area contributed by atoms with E-state index in [1.807, 2.05) is 12.1 Å². The molecule has 0 unspecified atom stereocenters. The van der Waals surface area contributed by atoms with E-state index in [4.69, 9.17) is 0 Å². The summed E-state index contributed by atoms with van der Waals surface area (Å²) in [5.41, 5.74) is 1.11. The van der Waals surface area contributed by atoms with Crippen LogP contribution in [0.3, 0.4) is 0 Å². The number of benzene rings is 1. The Kier molecular flexibility index (Phi) is 8.85. The molecule has 1 aromatic carbocycles. The molecule has 0 heterocycles. The predicted octanol–water partition coefficient (Wildman–Crippen LogP) is 1.79. The molecule has 6 heteroatoms. The smallest absolute Gasteiger partial charge is 0.191 e. The highest BCUT2D eigenvalue weighted by molar-refractivity contribution is 7.98. The number of hydrogen-bond donors (Lipinski definition) is 2. The van der Waals surface area contributed by atoms with Crippen molar-refractivity contribution in [1.82, 2.24) is 15.5 Å². The molecule has 2 N–H and O–H groups in total. The average Bonchev–Trinajstić information content (AvgIpc) is 2.48. The van der Waals surface area contributed by atoms with Crippen LogP contribution < -0.4 is 10.6 Å². The summed E-state index contributed by atoms with van der Waals surface area (Å²) >= 11 is 1.80. The van der Waals surface area contributed by atoms with Crippen LogP contribution >= 0.6 is 11.8 Å². The van der Waals surface area contributed by atoms with Gasteiger partial charge in [-0.15, -0.1) is 0 Å². The molecule has 0 saturated carbocycles. The Morgan fingerprint density at radius 2 is 1.90 bits per heavy atom. The summed E-state index contributed by atoms with van der Waals surface area (Å²) in [6, 6.07) is 6.64. The highest BCUT2D eigenvalue weighted by Gasteiger charge is 2.02. The number of aliphatic imine (C=N–C) groups is 1. The first-order valence-electron chi connectivity index (χ1n) is 7.02. The van der Waals surface area contributed by atoms with Crippen molar-refractivity contribution in [3.05, 3.63) is 35.6 Å². The quantitative estimate of drug-likeness (QED) is 0.436. The Morgan fingerprint density at radius 3 is 2.52 bits per heavy atom. The zero-order valence-corrected chi connectivity index (χ0v) is 13.8. The fraction of sp³-hybridized carbons (Fsp3) is 0.533. The number of rotatable bonds is 8. The molecule has 0 aromatic heterocycles. The molecule has 0 aliphatic heterocycles. The van der Waals surface area contributed by atoms with Gasteiger partial charge in [0.05, 0.1) is 0 Å². The van der Waals surface area contributed by atoms with Crippen LogP contribution in [0.15, 0.2) is 29.3 Å². The topological polar surface area (TPSA) is 39.7 Å². The highest BCUT2D eigenvalue weighted by Crippen LogP contribution is 2.04. The molecule has 1 rings (SSSR count). The maximum Gasteiger partial charge on any atom is 0.191 e. The zero-order chi connectivity index (χ0) is 15.5. The van der Waals surface area contributed by atoms with Crippen molar-refractivity contribution >= 4 is 17.7 Å². The molecule has 21 heavy (non-hydrogen) atoms. The van der Waals surface area contributed by atoms with Gasteiger partial charge in [0, 0.05) is 39.0 Å². The lowest BCUT2D eigenvalue weighted by Gasteiger charge is -2.18. The van der Waals surface area contributed by atoms with Crippen LogP contribution in [-0.4, -0.2) is 56.6 Å². The Balaban J connectivity index is 2.23. The zero-order valence-electron chi connectivity index (χ0n) is 13.0. The summed E-state index contributed by atoms with van der Waals surface area (Å²) in [6.45, 7) is 3.42. The van der Waals surface area contributed by atoms with Crippen molar-refractivity contribution in [1.29, 1.82) is 0 Å². The second-order valence-corrected chi connectivity index (χ2v) is 5.77. The molecule has 118 valence electrons. The minimum atomic E-state index is -0.191. The molecule has 0 spiro atoms. The standard InChI is InChI=1S/C15H25FN4S/c1-17-15(19-9-11-21-3)18-8-10-20(2)12-13-4-6-14(16)7-5-13/h4-7H,8-12H2,1-3H3,(H2,17,18,19). The molecule has 1 aromatic rings. The van der Waals surface area contributed by atoms with Crippen molar-refractivity contribution < 1.29 is 4.39 Å². The highest BCUT2D eigenvalue weighted by atomic mass is 32.2. The normalized spacial score (nSPS) is 11.8. The van der Waals surface area contributed by atoms with Gasteiger partial charge >= 0.3 is 0 Å². The maximum atomic E-state index is 12.8. The van der Waals surface area contributed by atoms with Crippen LogP contribution in [0.1, 0.15) is 5.56 Å². The van der Waals surface area contributed by atoms with Crippen molar-refractivity contribution in [3.63, 3.8) is 0 Å². The molecule has 4 nitrogen and oxygen atoms in total. The van der Waals surface area contributed by atoms with Gasteiger partial charge in [0.1, 0.15) is 5.82 Å². The minimum Gasteiger partial charge on any atom is -0.356 e.